The Morgan fingerprint density at radius 3 is 2.70 bits per heavy atom. The van der Waals surface area contributed by atoms with E-state index < -0.39 is 0 Å². The number of nitrogen functional groups attached to an aromatic ring is 1. The lowest BCUT2D eigenvalue weighted by molar-refractivity contribution is 0.0751. The summed E-state index contributed by atoms with van der Waals surface area (Å²) in [7, 11) is 0. The molecule has 1 aliphatic rings. The van der Waals surface area contributed by atoms with Crippen LogP contribution in [0.2, 0.25) is 0 Å². The zero-order valence-electron chi connectivity index (χ0n) is 10.9. The predicted molar refractivity (Wildman–Crippen MR) is 78.9 cm³/mol. The van der Waals surface area contributed by atoms with Gasteiger partial charge in [-0.2, -0.15) is 0 Å². The van der Waals surface area contributed by atoms with Gasteiger partial charge in [0.05, 0.1) is 6.20 Å². The number of hydrogen-bond donors (Lipinski definition) is 1. The number of piperazine rings is 1. The summed E-state index contributed by atoms with van der Waals surface area (Å²) in [5, 5.41) is 3.71. The highest BCUT2D eigenvalue weighted by molar-refractivity contribution is 7.07. The van der Waals surface area contributed by atoms with Crippen molar-refractivity contribution in [2.75, 3.05) is 36.8 Å². The molecular weight excluding hydrogens is 274 g/mol. The van der Waals surface area contributed by atoms with E-state index in [0.29, 0.717) is 18.0 Å². The number of carbonyl (C=O) groups is 1. The van der Waals surface area contributed by atoms with Crippen molar-refractivity contribution in [1.82, 2.24) is 14.5 Å². The summed E-state index contributed by atoms with van der Waals surface area (Å²) in [6, 6.07) is 7.83. The molecule has 2 heterocycles. The van der Waals surface area contributed by atoms with E-state index in [2.05, 4.69) is 14.5 Å². The number of rotatable bonds is 2. The van der Waals surface area contributed by atoms with Gasteiger partial charge in [0.25, 0.3) is 5.91 Å². The summed E-state index contributed by atoms with van der Waals surface area (Å²) in [6.45, 7) is 3.01. The molecule has 104 valence electrons. The molecule has 1 aromatic carbocycles. The molecule has 1 aliphatic heterocycles. The Morgan fingerprint density at radius 2 is 2.05 bits per heavy atom. The Labute approximate surface area is 121 Å². The Hall–Kier alpha value is -2.15. The van der Waals surface area contributed by atoms with Gasteiger partial charge in [-0.15, -0.1) is 5.10 Å². The summed E-state index contributed by atoms with van der Waals surface area (Å²) < 4.78 is 3.73. The maximum absolute atomic E-state index is 12.2. The maximum atomic E-state index is 12.2. The molecule has 2 aromatic rings. The fourth-order valence-corrected chi connectivity index (χ4v) is 2.79. The van der Waals surface area contributed by atoms with Crippen LogP contribution in [0.25, 0.3) is 0 Å². The second kappa shape index (κ2) is 5.46. The second-order valence-corrected chi connectivity index (χ2v) is 5.44. The van der Waals surface area contributed by atoms with Crippen LogP contribution in [0.4, 0.5) is 11.4 Å². The minimum absolute atomic E-state index is 0.0206. The van der Waals surface area contributed by atoms with E-state index in [1.54, 1.807) is 0 Å². The molecule has 2 N–H and O–H groups in total. The van der Waals surface area contributed by atoms with Gasteiger partial charge in [-0.25, -0.2) is 0 Å². The van der Waals surface area contributed by atoms with Crippen LogP contribution in [-0.4, -0.2) is 46.6 Å². The van der Waals surface area contributed by atoms with Crippen molar-refractivity contribution >= 4 is 28.8 Å². The summed E-state index contributed by atoms with van der Waals surface area (Å²) >= 11 is 1.14. The van der Waals surface area contributed by atoms with Crippen molar-refractivity contribution in [3.05, 3.63) is 35.3 Å². The molecule has 1 saturated heterocycles. The van der Waals surface area contributed by atoms with E-state index in [4.69, 9.17) is 5.73 Å². The normalized spacial score (nSPS) is 15.4. The minimum atomic E-state index is 0.0206. The number of aromatic nitrogens is 2. The summed E-state index contributed by atoms with van der Waals surface area (Å²) in [4.78, 5) is 16.9. The van der Waals surface area contributed by atoms with E-state index in [-0.39, 0.29) is 5.91 Å². The largest absolute Gasteiger partial charge is 0.399 e. The quantitative estimate of drug-likeness (QED) is 0.837. The number of anilines is 2. The molecule has 0 radical (unpaired) electrons. The third kappa shape index (κ3) is 2.57. The van der Waals surface area contributed by atoms with Crippen LogP contribution in [-0.2, 0) is 0 Å². The van der Waals surface area contributed by atoms with Crippen LogP contribution in [0.5, 0.6) is 0 Å². The first-order chi connectivity index (χ1) is 9.74. The van der Waals surface area contributed by atoms with Gasteiger partial charge in [0.1, 0.15) is 4.88 Å². The third-order valence-corrected chi connectivity index (χ3v) is 4.03. The molecule has 3 rings (SSSR count). The van der Waals surface area contributed by atoms with Crippen LogP contribution in [0.1, 0.15) is 9.67 Å². The predicted octanol–water partition coefficient (Wildman–Crippen LogP) is 1.08. The molecular formula is C13H15N5OS. The van der Waals surface area contributed by atoms with Crippen LogP contribution < -0.4 is 10.6 Å². The van der Waals surface area contributed by atoms with Gasteiger partial charge in [-0.05, 0) is 29.7 Å². The van der Waals surface area contributed by atoms with Gasteiger partial charge < -0.3 is 15.5 Å². The fourth-order valence-electron chi connectivity index (χ4n) is 2.31. The molecule has 0 aliphatic carbocycles. The zero-order valence-corrected chi connectivity index (χ0v) is 11.7. The molecule has 7 heteroatoms. The van der Waals surface area contributed by atoms with Gasteiger partial charge in [0.2, 0.25) is 0 Å². The topological polar surface area (TPSA) is 75.3 Å². The van der Waals surface area contributed by atoms with E-state index in [0.717, 1.165) is 36.0 Å². The Bertz CT molecular complexity index is 593. The van der Waals surface area contributed by atoms with Gasteiger partial charge in [-0.3, -0.25) is 4.79 Å². The molecule has 0 saturated carbocycles. The standard InChI is InChI=1S/C13H15N5OS/c14-10-2-1-3-11(8-10)17-4-6-18(7-5-17)13(19)12-9-15-16-20-12/h1-3,8-9H,4-7,14H2. The molecule has 1 amide bonds. The summed E-state index contributed by atoms with van der Waals surface area (Å²) in [5.74, 6) is 0.0206. The van der Waals surface area contributed by atoms with Gasteiger partial charge in [0, 0.05) is 37.6 Å². The van der Waals surface area contributed by atoms with Crippen molar-refractivity contribution in [3.63, 3.8) is 0 Å². The lowest BCUT2D eigenvalue weighted by Crippen LogP contribution is -2.48. The third-order valence-electron chi connectivity index (χ3n) is 3.37. The lowest BCUT2D eigenvalue weighted by Gasteiger charge is -2.35. The van der Waals surface area contributed by atoms with Gasteiger partial charge in [0.15, 0.2) is 0 Å². The van der Waals surface area contributed by atoms with Gasteiger partial charge in [-0.1, -0.05) is 10.6 Å². The molecule has 0 atom stereocenters. The Morgan fingerprint density at radius 1 is 1.25 bits per heavy atom. The molecule has 6 nitrogen and oxygen atoms in total. The second-order valence-electron chi connectivity index (χ2n) is 4.66. The maximum Gasteiger partial charge on any atom is 0.267 e. The van der Waals surface area contributed by atoms with E-state index in [9.17, 15) is 4.79 Å². The number of nitrogens with zero attached hydrogens (tertiary/aromatic N) is 4. The van der Waals surface area contributed by atoms with Gasteiger partial charge >= 0.3 is 0 Å². The lowest BCUT2D eigenvalue weighted by atomic mass is 10.2. The first-order valence-electron chi connectivity index (χ1n) is 6.41. The highest BCUT2D eigenvalue weighted by atomic mass is 32.1. The summed E-state index contributed by atoms with van der Waals surface area (Å²) in [5.41, 5.74) is 7.67. The average molecular weight is 289 g/mol. The molecule has 1 fully saturated rings. The van der Waals surface area contributed by atoms with Crippen molar-refractivity contribution in [1.29, 1.82) is 0 Å². The highest BCUT2D eigenvalue weighted by Crippen LogP contribution is 2.20. The Kier molecular flexibility index (Phi) is 3.51. The first-order valence-corrected chi connectivity index (χ1v) is 7.18. The number of carbonyl (C=O) groups excluding carboxylic acids is 1. The molecule has 0 bridgehead atoms. The van der Waals surface area contributed by atoms with E-state index in [1.807, 2.05) is 29.2 Å². The average Bonchev–Trinajstić information content (AvgIpc) is 3.01. The van der Waals surface area contributed by atoms with Crippen LogP contribution in [0.15, 0.2) is 30.5 Å². The molecule has 20 heavy (non-hydrogen) atoms. The van der Waals surface area contributed by atoms with Crippen molar-refractivity contribution in [2.24, 2.45) is 0 Å². The van der Waals surface area contributed by atoms with Crippen LogP contribution >= 0.6 is 11.5 Å². The fraction of sp³-hybridized carbons (Fsp3) is 0.308. The molecule has 1 aromatic heterocycles. The van der Waals surface area contributed by atoms with Crippen molar-refractivity contribution in [3.8, 4) is 0 Å². The Balaban J connectivity index is 1.64. The number of hydrogen-bond acceptors (Lipinski definition) is 6. The van der Waals surface area contributed by atoms with Crippen LogP contribution in [0.3, 0.4) is 0 Å². The number of nitrogens with two attached hydrogens (primary N) is 1. The molecule has 0 spiro atoms. The van der Waals surface area contributed by atoms with Crippen molar-refractivity contribution < 1.29 is 4.79 Å². The van der Waals surface area contributed by atoms with Crippen LogP contribution in [0, 0.1) is 0 Å². The minimum Gasteiger partial charge on any atom is -0.399 e. The number of amides is 1. The van der Waals surface area contributed by atoms with E-state index in [1.165, 1.54) is 6.20 Å². The smallest absolute Gasteiger partial charge is 0.267 e. The monoisotopic (exact) mass is 289 g/mol. The molecule has 0 unspecified atom stereocenters. The van der Waals surface area contributed by atoms with E-state index >= 15 is 0 Å². The SMILES string of the molecule is Nc1cccc(N2CCN(C(=O)c3cnns3)CC2)c1. The highest BCUT2D eigenvalue weighted by Gasteiger charge is 2.23. The van der Waals surface area contributed by atoms with Crippen molar-refractivity contribution in [2.45, 2.75) is 0 Å². The summed E-state index contributed by atoms with van der Waals surface area (Å²) in [6.07, 6.45) is 1.53. The first kappa shape index (κ1) is 12.9. The number of benzene rings is 1. The zero-order chi connectivity index (χ0) is 13.9.